The molecule has 0 amide bonds. The van der Waals surface area contributed by atoms with Crippen LogP contribution in [0.4, 0.5) is 0 Å². The van der Waals surface area contributed by atoms with Gasteiger partial charge in [0.25, 0.3) is 0 Å². The molecule has 15 heavy (non-hydrogen) atoms. The number of oxazole rings is 1. The van der Waals surface area contributed by atoms with Gasteiger partial charge in [-0.15, -0.1) is 0 Å². The van der Waals surface area contributed by atoms with Crippen LogP contribution in [0.3, 0.4) is 0 Å². The molecule has 0 aliphatic carbocycles. The molecule has 0 saturated heterocycles. The van der Waals surface area contributed by atoms with E-state index in [-0.39, 0.29) is 11.2 Å². The lowest BCUT2D eigenvalue weighted by molar-refractivity contribution is 0.527. The number of nitrogens with one attached hydrogen (secondary N) is 1. The average Bonchev–Trinajstić information content (AvgIpc) is 2.41. The Balaban J connectivity index is 2.91. The molecular weight excluding hydrogens is 190 g/mol. The summed E-state index contributed by atoms with van der Waals surface area (Å²) in [6, 6.07) is 3.89. The average molecular weight is 205 g/mol. The highest BCUT2D eigenvalue weighted by Gasteiger charge is 2.21. The molecule has 2 rings (SSSR count). The second-order valence-electron chi connectivity index (χ2n) is 4.90. The smallest absolute Gasteiger partial charge is 0.408 e. The summed E-state index contributed by atoms with van der Waals surface area (Å²) >= 11 is 0. The lowest BCUT2D eigenvalue weighted by atomic mass is 9.83. The van der Waals surface area contributed by atoms with E-state index in [1.54, 1.807) is 0 Å². The minimum atomic E-state index is -0.388. The zero-order valence-electron chi connectivity index (χ0n) is 9.47. The Hall–Kier alpha value is -1.51. The number of H-pyrrole nitrogens is 1. The SMILES string of the molecule is Cc1ccc2[nH]c(=O)oc2c1C(C)(C)C. The third-order valence-electron chi connectivity index (χ3n) is 2.55. The second-order valence-corrected chi connectivity index (χ2v) is 4.90. The van der Waals surface area contributed by atoms with Crippen molar-refractivity contribution in [1.29, 1.82) is 0 Å². The van der Waals surface area contributed by atoms with Crippen molar-refractivity contribution in [3.63, 3.8) is 0 Å². The van der Waals surface area contributed by atoms with Crippen LogP contribution in [0, 0.1) is 6.92 Å². The van der Waals surface area contributed by atoms with Crippen LogP contribution in [0.1, 0.15) is 31.9 Å². The van der Waals surface area contributed by atoms with E-state index in [2.05, 4.69) is 25.8 Å². The minimum Gasteiger partial charge on any atom is -0.408 e. The molecule has 1 N–H and O–H groups in total. The van der Waals surface area contributed by atoms with Crippen LogP contribution >= 0.6 is 0 Å². The maximum atomic E-state index is 11.2. The molecule has 1 aromatic carbocycles. The van der Waals surface area contributed by atoms with Crippen LogP contribution in [0.25, 0.3) is 11.1 Å². The molecule has 0 aliphatic rings. The van der Waals surface area contributed by atoms with Gasteiger partial charge in [0.05, 0.1) is 5.52 Å². The molecule has 2 aromatic rings. The van der Waals surface area contributed by atoms with Crippen LogP contribution in [0.5, 0.6) is 0 Å². The Bertz CT molecular complexity index is 555. The van der Waals surface area contributed by atoms with Crippen LogP contribution in [0.2, 0.25) is 0 Å². The van der Waals surface area contributed by atoms with Crippen molar-refractivity contribution >= 4 is 11.1 Å². The maximum Gasteiger partial charge on any atom is 0.417 e. The fraction of sp³-hybridized carbons (Fsp3) is 0.417. The number of hydrogen-bond donors (Lipinski definition) is 1. The van der Waals surface area contributed by atoms with Gasteiger partial charge < -0.3 is 4.42 Å². The Labute approximate surface area is 88.1 Å². The zero-order chi connectivity index (χ0) is 11.2. The van der Waals surface area contributed by atoms with Crippen LogP contribution in [0.15, 0.2) is 21.3 Å². The molecule has 0 fully saturated rings. The fourth-order valence-corrected chi connectivity index (χ4v) is 2.05. The maximum absolute atomic E-state index is 11.2. The Kier molecular flexibility index (Phi) is 2.00. The molecule has 0 unspecified atom stereocenters. The monoisotopic (exact) mass is 205 g/mol. The van der Waals surface area contributed by atoms with Crippen molar-refractivity contribution in [2.45, 2.75) is 33.1 Å². The molecule has 80 valence electrons. The Morgan fingerprint density at radius 1 is 1.27 bits per heavy atom. The number of aryl methyl sites for hydroxylation is 1. The molecule has 3 nitrogen and oxygen atoms in total. The molecule has 0 radical (unpaired) electrons. The minimum absolute atomic E-state index is 0.0261. The topological polar surface area (TPSA) is 46.0 Å². The van der Waals surface area contributed by atoms with Crippen molar-refractivity contribution in [3.05, 3.63) is 33.8 Å². The summed E-state index contributed by atoms with van der Waals surface area (Å²) < 4.78 is 5.20. The van der Waals surface area contributed by atoms with E-state index >= 15 is 0 Å². The van der Waals surface area contributed by atoms with E-state index in [0.29, 0.717) is 5.58 Å². The molecular formula is C12H15NO2. The highest BCUT2D eigenvalue weighted by atomic mass is 16.4. The van der Waals surface area contributed by atoms with E-state index in [1.807, 2.05) is 19.1 Å². The van der Waals surface area contributed by atoms with E-state index < -0.39 is 0 Å². The highest BCUT2D eigenvalue weighted by molar-refractivity contribution is 5.78. The van der Waals surface area contributed by atoms with Gasteiger partial charge in [0.15, 0.2) is 5.58 Å². The molecule has 0 atom stereocenters. The van der Waals surface area contributed by atoms with Crippen molar-refractivity contribution in [2.24, 2.45) is 0 Å². The molecule has 0 saturated carbocycles. The quantitative estimate of drug-likeness (QED) is 0.718. The Morgan fingerprint density at radius 3 is 2.53 bits per heavy atom. The number of aromatic amines is 1. The van der Waals surface area contributed by atoms with E-state index in [9.17, 15) is 4.79 Å². The first-order valence-corrected chi connectivity index (χ1v) is 5.02. The van der Waals surface area contributed by atoms with Crippen molar-refractivity contribution < 1.29 is 4.42 Å². The molecule has 1 aromatic heterocycles. The first-order valence-electron chi connectivity index (χ1n) is 5.02. The first kappa shape index (κ1) is 10.0. The number of aromatic nitrogens is 1. The van der Waals surface area contributed by atoms with Gasteiger partial charge in [-0.05, 0) is 24.0 Å². The molecule has 1 heterocycles. The third-order valence-corrected chi connectivity index (χ3v) is 2.55. The summed E-state index contributed by atoms with van der Waals surface area (Å²) in [5.41, 5.74) is 3.68. The third kappa shape index (κ3) is 1.58. The number of benzene rings is 1. The van der Waals surface area contributed by atoms with Crippen molar-refractivity contribution in [2.75, 3.05) is 0 Å². The van der Waals surface area contributed by atoms with E-state index in [1.165, 1.54) is 0 Å². The summed E-state index contributed by atoms with van der Waals surface area (Å²) in [6.07, 6.45) is 0. The summed E-state index contributed by atoms with van der Waals surface area (Å²) in [4.78, 5) is 13.8. The van der Waals surface area contributed by atoms with Gasteiger partial charge in [0.2, 0.25) is 0 Å². The molecule has 0 spiro atoms. The predicted molar refractivity (Wildman–Crippen MR) is 60.3 cm³/mol. The highest BCUT2D eigenvalue weighted by Crippen LogP contribution is 2.31. The van der Waals surface area contributed by atoms with Crippen molar-refractivity contribution in [1.82, 2.24) is 4.98 Å². The fourth-order valence-electron chi connectivity index (χ4n) is 2.05. The summed E-state index contributed by atoms with van der Waals surface area (Å²) in [7, 11) is 0. The van der Waals surface area contributed by atoms with Crippen LogP contribution < -0.4 is 5.76 Å². The summed E-state index contributed by atoms with van der Waals surface area (Å²) in [5, 5.41) is 0. The number of hydrogen-bond acceptors (Lipinski definition) is 2. The zero-order valence-corrected chi connectivity index (χ0v) is 9.47. The van der Waals surface area contributed by atoms with Crippen LogP contribution in [-0.4, -0.2) is 4.98 Å². The lowest BCUT2D eigenvalue weighted by Crippen LogP contribution is -2.13. The number of rotatable bonds is 0. The first-order chi connectivity index (χ1) is 6.89. The Morgan fingerprint density at radius 2 is 1.93 bits per heavy atom. The largest absolute Gasteiger partial charge is 0.417 e. The molecule has 3 heteroatoms. The second kappa shape index (κ2) is 2.99. The van der Waals surface area contributed by atoms with Gasteiger partial charge >= 0.3 is 5.76 Å². The van der Waals surface area contributed by atoms with Crippen LogP contribution in [-0.2, 0) is 5.41 Å². The standard InChI is InChI=1S/C12H15NO2/c1-7-5-6-8-10(15-11(14)13-8)9(7)12(2,3)4/h5-6H,1-4H3,(H,13,14). The van der Waals surface area contributed by atoms with Gasteiger partial charge in [-0.1, -0.05) is 26.8 Å². The van der Waals surface area contributed by atoms with Gasteiger partial charge in [0.1, 0.15) is 0 Å². The normalized spacial score (nSPS) is 12.3. The number of fused-ring (bicyclic) bond motifs is 1. The molecule has 0 aliphatic heterocycles. The summed E-state index contributed by atoms with van der Waals surface area (Å²) in [6.45, 7) is 8.37. The van der Waals surface area contributed by atoms with Gasteiger partial charge in [0, 0.05) is 5.56 Å². The van der Waals surface area contributed by atoms with E-state index in [4.69, 9.17) is 4.42 Å². The summed E-state index contributed by atoms with van der Waals surface area (Å²) in [5.74, 6) is -0.388. The lowest BCUT2D eigenvalue weighted by Gasteiger charge is -2.21. The van der Waals surface area contributed by atoms with Gasteiger partial charge in [-0.25, -0.2) is 4.79 Å². The van der Waals surface area contributed by atoms with Crippen molar-refractivity contribution in [3.8, 4) is 0 Å². The van der Waals surface area contributed by atoms with E-state index in [0.717, 1.165) is 16.6 Å². The predicted octanol–water partition coefficient (Wildman–Crippen LogP) is 2.73. The molecule has 0 bridgehead atoms. The van der Waals surface area contributed by atoms with Gasteiger partial charge in [-0.3, -0.25) is 4.98 Å². The van der Waals surface area contributed by atoms with Gasteiger partial charge in [-0.2, -0.15) is 0 Å².